The van der Waals surface area contributed by atoms with Crippen molar-refractivity contribution in [2.45, 2.75) is 51.6 Å². The Bertz CT molecular complexity index is 678. The highest BCUT2D eigenvalue weighted by molar-refractivity contribution is 5.94. The van der Waals surface area contributed by atoms with Gasteiger partial charge in [-0.1, -0.05) is 12.1 Å². The summed E-state index contributed by atoms with van der Waals surface area (Å²) in [5.74, 6) is 0.269. The molecule has 1 fully saturated rings. The number of carbonyl (C=O) groups excluding carboxylic acids is 2. The van der Waals surface area contributed by atoms with Gasteiger partial charge in [-0.15, -0.1) is 0 Å². The summed E-state index contributed by atoms with van der Waals surface area (Å²) in [6, 6.07) is 7.80. The number of benzene rings is 1. The van der Waals surface area contributed by atoms with E-state index in [1.54, 1.807) is 12.0 Å². The molecule has 2 amide bonds. The standard InChI is InChI=1S/C23H36N2O5/c1-23(2,3)30-22(27)25-12-9-18(10-13-25)19-7-5-8-20(17-19)21(26)24-11-6-14-29-16-15-28-4/h5,7-8,17-18H,6,9-16H2,1-4H3,(H,24,26). The van der Waals surface area contributed by atoms with Crippen LogP contribution in [-0.2, 0) is 14.2 Å². The molecule has 2 rings (SSSR count). The Labute approximate surface area is 180 Å². The molecule has 7 nitrogen and oxygen atoms in total. The number of nitrogens with zero attached hydrogens (tertiary/aromatic N) is 1. The third kappa shape index (κ3) is 8.32. The second kappa shape index (κ2) is 11.9. The van der Waals surface area contributed by atoms with Gasteiger partial charge < -0.3 is 24.4 Å². The molecule has 0 atom stereocenters. The molecule has 168 valence electrons. The second-order valence-electron chi connectivity index (χ2n) is 8.58. The fourth-order valence-corrected chi connectivity index (χ4v) is 3.38. The number of nitrogens with one attached hydrogen (secondary N) is 1. The van der Waals surface area contributed by atoms with Crippen LogP contribution in [0.1, 0.15) is 61.9 Å². The lowest BCUT2D eigenvalue weighted by atomic mass is 9.88. The molecular weight excluding hydrogens is 384 g/mol. The maximum Gasteiger partial charge on any atom is 0.410 e. The highest BCUT2D eigenvalue weighted by Crippen LogP contribution is 2.29. The monoisotopic (exact) mass is 420 g/mol. The van der Waals surface area contributed by atoms with Gasteiger partial charge in [-0.3, -0.25) is 4.79 Å². The number of methoxy groups -OCH3 is 1. The first-order chi connectivity index (χ1) is 14.3. The summed E-state index contributed by atoms with van der Waals surface area (Å²) in [7, 11) is 1.64. The van der Waals surface area contributed by atoms with Crippen molar-refractivity contribution in [2.24, 2.45) is 0 Å². The van der Waals surface area contributed by atoms with Gasteiger partial charge >= 0.3 is 6.09 Å². The zero-order chi connectivity index (χ0) is 22.0. The van der Waals surface area contributed by atoms with Crippen molar-refractivity contribution in [3.8, 4) is 0 Å². The Balaban J connectivity index is 1.79. The van der Waals surface area contributed by atoms with Crippen LogP contribution in [0.2, 0.25) is 0 Å². The second-order valence-corrected chi connectivity index (χ2v) is 8.58. The van der Waals surface area contributed by atoms with Crippen molar-refractivity contribution in [1.82, 2.24) is 10.2 Å². The van der Waals surface area contributed by atoms with E-state index >= 15 is 0 Å². The molecular formula is C23H36N2O5. The molecule has 0 saturated carbocycles. The van der Waals surface area contributed by atoms with Crippen LogP contribution in [0.15, 0.2) is 24.3 Å². The minimum Gasteiger partial charge on any atom is -0.444 e. The van der Waals surface area contributed by atoms with E-state index in [2.05, 4.69) is 11.4 Å². The fraction of sp³-hybridized carbons (Fsp3) is 0.652. The van der Waals surface area contributed by atoms with Crippen LogP contribution in [0, 0.1) is 0 Å². The van der Waals surface area contributed by atoms with E-state index in [9.17, 15) is 9.59 Å². The number of rotatable bonds is 9. The maximum atomic E-state index is 12.4. The third-order valence-corrected chi connectivity index (χ3v) is 4.95. The Kier molecular flexibility index (Phi) is 9.59. The summed E-state index contributed by atoms with van der Waals surface area (Å²) in [6.45, 7) is 9.28. The average molecular weight is 421 g/mol. The molecule has 0 bridgehead atoms. The van der Waals surface area contributed by atoms with E-state index in [4.69, 9.17) is 14.2 Å². The summed E-state index contributed by atoms with van der Waals surface area (Å²) in [4.78, 5) is 26.5. The van der Waals surface area contributed by atoms with E-state index in [1.807, 2.05) is 39.0 Å². The van der Waals surface area contributed by atoms with Crippen LogP contribution in [-0.4, -0.2) is 69.1 Å². The molecule has 1 saturated heterocycles. The first-order valence-electron chi connectivity index (χ1n) is 10.7. The van der Waals surface area contributed by atoms with E-state index in [-0.39, 0.29) is 12.0 Å². The molecule has 1 aliphatic heterocycles. The number of hydrogen-bond acceptors (Lipinski definition) is 5. The van der Waals surface area contributed by atoms with Crippen molar-refractivity contribution in [2.75, 3.05) is 46.6 Å². The fourth-order valence-electron chi connectivity index (χ4n) is 3.38. The van der Waals surface area contributed by atoms with Gasteiger partial charge in [0.05, 0.1) is 13.2 Å². The molecule has 1 N–H and O–H groups in total. The van der Waals surface area contributed by atoms with Crippen molar-refractivity contribution in [1.29, 1.82) is 0 Å². The normalized spacial score (nSPS) is 15.1. The molecule has 0 aromatic heterocycles. The number of likely N-dealkylation sites (tertiary alicyclic amines) is 1. The van der Waals surface area contributed by atoms with Gasteiger partial charge in [0.1, 0.15) is 5.60 Å². The molecule has 1 heterocycles. The summed E-state index contributed by atoms with van der Waals surface area (Å²) in [5, 5.41) is 2.94. The summed E-state index contributed by atoms with van der Waals surface area (Å²) in [5.41, 5.74) is 1.34. The minimum atomic E-state index is -0.480. The Hall–Kier alpha value is -2.12. The molecule has 1 aromatic rings. The maximum absolute atomic E-state index is 12.4. The molecule has 0 aliphatic carbocycles. The van der Waals surface area contributed by atoms with Crippen LogP contribution in [0.3, 0.4) is 0 Å². The number of hydrogen-bond donors (Lipinski definition) is 1. The number of carbonyl (C=O) groups is 2. The lowest BCUT2D eigenvalue weighted by Crippen LogP contribution is -2.41. The molecule has 1 aliphatic rings. The number of piperidine rings is 1. The highest BCUT2D eigenvalue weighted by Gasteiger charge is 2.27. The largest absolute Gasteiger partial charge is 0.444 e. The molecule has 30 heavy (non-hydrogen) atoms. The minimum absolute atomic E-state index is 0.0695. The van der Waals surface area contributed by atoms with E-state index in [0.717, 1.165) is 24.8 Å². The summed E-state index contributed by atoms with van der Waals surface area (Å²) < 4.78 is 15.8. The Morgan fingerprint density at radius 3 is 2.53 bits per heavy atom. The molecule has 0 spiro atoms. The van der Waals surface area contributed by atoms with Gasteiger partial charge in [0, 0.05) is 38.9 Å². The predicted octanol–water partition coefficient (Wildman–Crippen LogP) is 3.58. The van der Waals surface area contributed by atoms with Gasteiger partial charge in [-0.05, 0) is 63.6 Å². The number of amides is 2. The van der Waals surface area contributed by atoms with Gasteiger partial charge in [-0.2, -0.15) is 0 Å². The third-order valence-electron chi connectivity index (χ3n) is 4.95. The summed E-state index contributed by atoms with van der Waals surface area (Å²) in [6.07, 6.45) is 2.24. The van der Waals surface area contributed by atoms with Gasteiger partial charge in [-0.25, -0.2) is 4.79 Å². The van der Waals surface area contributed by atoms with Crippen LogP contribution >= 0.6 is 0 Å². The first-order valence-corrected chi connectivity index (χ1v) is 10.7. The molecule has 0 unspecified atom stereocenters. The van der Waals surface area contributed by atoms with Gasteiger partial charge in [0.15, 0.2) is 0 Å². The number of ether oxygens (including phenoxy) is 3. The van der Waals surface area contributed by atoms with Crippen molar-refractivity contribution >= 4 is 12.0 Å². The molecule has 0 radical (unpaired) electrons. The van der Waals surface area contributed by atoms with Crippen LogP contribution in [0.25, 0.3) is 0 Å². The van der Waals surface area contributed by atoms with Crippen LogP contribution in [0.4, 0.5) is 4.79 Å². The zero-order valence-electron chi connectivity index (χ0n) is 18.7. The molecule has 7 heteroatoms. The molecule has 1 aromatic carbocycles. The van der Waals surface area contributed by atoms with Crippen molar-refractivity contribution < 1.29 is 23.8 Å². The first kappa shape index (κ1) is 24.2. The predicted molar refractivity (Wildman–Crippen MR) is 116 cm³/mol. The quantitative estimate of drug-likeness (QED) is 0.618. The van der Waals surface area contributed by atoms with E-state index in [0.29, 0.717) is 50.9 Å². The SMILES string of the molecule is COCCOCCCNC(=O)c1cccc(C2CCN(C(=O)OC(C)(C)C)CC2)c1. The van der Waals surface area contributed by atoms with E-state index in [1.165, 1.54) is 0 Å². The van der Waals surface area contributed by atoms with Crippen molar-refractivity contribution in [3.05, 3.63) is 35.4 Å². The van der Waals surface area contributed by atoms with Crippen molar-refractivity contribution in [3.63, 3.8) is 0 Å². The van der Waals surface area contributed by atoms with Gasteiger partial charge in [0.25, 0.3) is 5.91 Å². The topological polar surface area (TPSA) is 77.1 Å². The Morgan fingerprint density at radius 1 is 1.13 bits per heavy atom. The van der Waals surface area contributed by atoms with Gasteiger partial charge in [0.2, 0.25) is 0 Å². The Morgan fingerprint density at radius 2 is 1.87 bits per heavy atom. The average Bonchev–Trinajstić information content (AvgIpc) is 2.72. The smallest absolute Gasteiger partial charge is 0.410 e. The van der Waals surface area contributed by atoms with Crippen LogP contribution in [0.5, 0.6) is 0 Å². The van der Waals surface area contributed by atoms with E-state index < -0.39 is 5.60 Å². The lowest BCUT2D eigenvalue weighted by molar-refractivity contribution is 0.0205. The zero-order valence-corrected chi connectivity index (χ0v) is 18.7. The summed E-state index contributed by atoms with van der Waals surface area (Å²) >= 11 is 0. The van der Waals surface area contributed by atoms with Crippen LogP contribution < -0.4 is 5.32 Å². The lowest BCUT2D eigenvalue weighted by Gasteiger charge is -2.33. The highest BCUT2D eigenvalue weighted by atomic mass is 16.6.